The highest BCUT2D eigenvalue weighted by Crippen LogP contribution is 2.48. The quantitative estimate of drug-likeness (QED) is 0.0627. The van der Waals surface area contributed by atoms with Gasteiger partial charge >= 0.3 is 0 Å². The second kappa shape index (κ2) is 18.9. The van der Waals surface area contributed by atoms with Crippen molar-refractivity contribution in [1.29, 1.82) is 0 Å². The minimum atomic E-state index is -1.46. The molecule has 0 aliphatic heterocycles. The van der Waals surface area contributed by atoms with E-state index >= 15 is 17.6 Å². The molecule has 0 fully saturated rings. The highest BCUT2D eigenvalue weighted by Gasteiger charge is 2.33. The van der Waals surface area contributed by atoms with E-state index in [-0.39, 0.29) is 17.1 Å². The second-order valence-corrected chi connectivity index (χ2v) is 21.1. The number of allylic oxidation sites excluding steroid dienone is 11. The molecular weight excluding hydrogens is 882 g/mol. The summed E-state index contributed by atoms with van der Waals surface area (Å²) in [4.78, 5) is 14.9. The summed E-state index contributed by atoms with van der Waals surface area (Å²) in [5.41, 5.74) is 5.31. The van der Waals surface area contributed by atoms with Gasteiger partial charge in [0.05, 0.1) is 11.1 Å². The fraction of sp³-hybridized carbons (Fsp3) is 0.197. The molecule has 3 nitrogen and oxygen atoms in total. The van der Waals surface area contributed by atoms with E-state index in [0.717, 1.165) is 54.4 Å². The highest BCUT2D eigenvalue weighted by molar-refractivity contribution is 7.73. The molecule has 0 bridgehead atoms. The van der Waals surface area contributed by atoms with Crippen LogP contribution in [0.4, 0.5) is 17.6 Å². The van der Waals surface area contributed by atoms with Crippen LogP contribution in [0.5, 0.6) is 0 Å². The molecule has 7 aromatic rings. The van der Waals surface area contributed by atoms with E-state index in [4.69, 9.17) is 15.0 Å². The maximum atomic E-state index is 16.9. The number of hydrogen-bond acceptors (Lipinski definition) is 3. The van der Waals surface area contributed by atoms with Gasteiger partial charge in [0.1, 0.15) is 0 Å². The Bertz CT molecular complexity index is 3320. The fourth-order valence-electron chi connectivity index (χ4n) is 10.5. The average molecular weight is 932 g/mol. The highest BCUT2D eigenvalue weighted by atomic mass is 31.1. The van der Waals surface area contributed by atoms with Gasteiger partial charge in [0, 0.05) is 22.7 Å². The van der Waals surface area contributed by atoms with Crippen molar-refractivity contribution < 1.29 is 17.6 Å². The van der Waals surface area contributed by atoms with E-state index in [1.807, 2.05) is 36.4 Å². The number of aromatic nitrogens is 3. The first-order chi connectivity index (χ1) is 33.7. The zero-order chi connectivity index (χ0) is 47.2. The summed E-state index contributed by atoms with van der Waals surface area (Å²) in [5.74, 6) is -4.05. The third-order valence-electron chi connectivity index (χ3n) is 14.2. The molecule has 6 aromatic carbocycles. The maximum absolute atomic E-state index is 16.9. The molecule has 4 aliphatic rings. The summed E-state index contributed by atoms with van der Waals surface area (Å²) in [6, 6.07) is 37.2. The third-order valence-corrected chi connectivity index (χ3v) is 17.0. The minimum absolute atomic E-state index is 0.0164. The second-order valence-electron chi connectivity index (χ2n) is 18.7. The summed E-state index contributed by atoms with van der Waals surface area (Å²) in [7, 11) is -0.623. The van der Waals surface area contributed by atoms with E-state index in [0.29, 0.717) is 57.4 Å². The number of benzene rings is 6. The van der Waals surface area contributed by atoms with Crippen LogP contribution >= 0.6 is 7.92 Å². The van der Waals surface area contributed by atoms with Gasteiger partial charge in [-0.1, -0.05) is 170 Å². The molecule has 4 atom stereocenters. The van der Waals surface area contributed by atoms with E-state index in [1.165, 1.54) is 28.7 Å². The molecule has 8 heteroatoms. The first-order valence-corrected chi connectivity index (χ1v) is 25.4. The van der Waals surface area contributed by atoms with Gasteiger partial charge in [0.2, 0.25) is 0 Å². The SMILES string of the molecule is CC1=CC=C(c2nc(C3=CCC(C)C=C3)nc(-c3ccc(-c4c(F)c(F)c(C5=CCC(c6ccc(P(c7ccccc7)C7C=CCCC7)cc6)c6ccccc65)c(F)c4F)c4ccccc34)n2)CC1. The summed E-state index contributed by atoms with van der Waals surface area (Å²) in [6.07, 6.45) is 23.2. The lowest BCUT2D eigenvalue weighted by molar-refractivity contribution is 0.454. The number of halogens is 4. The van der Waals surface area contributed by atoms with Gasteiger partial charge in [-0.15, -0.1) is 0 Å². The van der Waals surface area contributed by atoms with Crippen molar-refractivity contribution in [3.63, 3.8) is 0 Å². The molecule has 342 valence electrons. The van der Waals surface area contributed by atoms with Crippen LogP contribution < -0.4 is 10.6 Å². The van der Waals surface area contributed by atoms with Gasteiger partial charge in [0.25, 0.3) is 0 Å². The molecule has 11 rings (SSSR count). The van der Waals surface area contributed by atoms with E-state index < -0.39 is 42.3 Å². The summed E-state index contributed by atoms with van der Waals surface area (Å²) < 4.78 is 67.5. The van der Waals surface area contributed by atoms with Crippen molar-refractivity contribution >= 4 is 46.0 Å². The third kappa shape index (κ3) is 8.46. The van der Waals surface area contributed by atoms with Crippen LogP contribution in [0.15, 0.2) is 169 Å². The predicted molar refractivity (Wildman–Crippen MR) is 276 cm³/mol. The molecule has 4 aliphatic carbocycles. The molecule has 0 spiro atoms. The van der Waals surface area contributed by atoms with E-state index in [1.54, 1.807) is 36.4 Å². The Morgan fingerprint density at radius 2 is 1.25 bits per heavy atom. The number of rotatable bonds is 9. The Kier molecular flexibility index (Phi) is 12.3. The molecule has 69 heavy (non-hydrogen) atoms. The van der Waals surface area contributed by atoms with Crippen LogP contribution in [0, 0.1) is 29.2 Å². The summed E-state index contributed by atoms with van der Waals surface area (Å²) >= 11 is 0. The lowest BCUT2D eigenvalue weighted by Crippen LogP contribution is -2.22. The molecule has 0 saturated heterocycles. The van der Waals surface area contributed by atoms with Crippen LogP contribution in [0.2, 0.25) is 0 Å². The minimum Gasteiger partial charge on any atom is -0.209 e. The first-order valence-electron chi connectivity index (χ1n) is 24.0. The molecule has 4 unspecified atom stereocenters. The normalized spacial score (nSPS) is 19.4. The van der Waals surface area contributed by atoms with Crippen LogP contribution in [-0.2, 0) is 0 Å². The van der Waals surface area contributed by atoms with Gasteiger partial charge in [0.15, 0.2) is 40.7 Å². The van der Waals surface area contributed by atoms with Gasteiger partial charge in [-0.05, 0) is 127 Å². The molecule has 0 radical (unpaired) electrons. The van der Waals surface area contributed by atoms with Crippen molar-refractivity contribution in [2.24, 2.45) is 5.92 Å². The van der Waals surface area contributed by atoms with Crippen LogP contribution in [0.25, 0.3) is 50.0 Å². The van der Waals surface area contributed by atoms with Gasteiger partial charge in [-0.3, -0.25) is 0 Å². The Hall–Kier alpha value is -6.82. The van der Waals surface area contributed by atoms with Crippen molar-refractivity contribution in [3.05, 3.63) is 227 Å². The molecule has 1 aromatic heterocycles. The molecule has 1 heterocycles. The molecular formula is C61H50F4N3P. The molecule has 0 saturated carbocycles. The van der Waals surface area contributed by atoms with Crippen molar-refractivity contribution in [2.45, 2.75) is 70.4 Å². The van der Waals surface area contributed by atoms with Crippen LogP contribution in [0.1, 0.15) is 98.6 Å². The standard InChI is InChI=1S/C61H50F4N3P/c1-37-21-25-40(26-22-37)59-66-60(41-27-23-38(2)24-28-41)68-61(67-59)52-36-35-51(48-19-11-12-20-49(48)52)54-57(64)55(62)53(56(63)58(54)65)50-34-33-45(46-17-9-10-18-47(46)50)39-29-31-44(32-30-39)69(42-13-5-3-6-14-42)43-15-7-4-8-16-43/h3,5-7,9-15,17-21,23,25-27,29-32,34-37,43,45H,4,8,16,22,24,28,33H2,1-2H3. The zero-order valence-electron chi connectivity index (χ0n) is 38.6. The lowest BCUT2D eigenvalue weighted by Gasteiger charge is -2.30. The van der Waals surface area contributed by atoms with Crippen molar-refractivity contribution in [2.75, 3.05) is 0 Å². The molecule has 0 N–H and O–H groups in total. The topological polar surface area (TPSA) is 38.7 Å². The maximum Gasteiger partial charge on any atom is 0.170 e. The Morgan fingerprint density at radius 1 is 0.580 bits per heavy atom. The van der Waals surface area contributed by atoms with E-state index in [2.05, 4.69) is 98.8 Å². The largest absolute Gasteiger partial charge is 0.209 e. The monoisotopic (exact) mass is 931 g/mol. The summed E-state index contributed by atoms with van der Waals surface area (Å²) in [5, 5.41) is 3.60. The van der Waals surface area contributed by atoms with Crippen molar-refractivity contribution in [3.8, 4) is 22.5 Å². The number of hydrogen-bond donors (Lipinski definition) is 0. The van der Waals surface area contributed by atoms with Gasteiger partial charge < -0.3 is 0 Å². The fourth-order valence-corrected chi connectivity index (χ4v) is 13.2. The number of nitrogens with zero attached hydrogens (tertiary/aromatic N) is 3. The zero-order valence-corrected chi connectivity index (χ0v) is 39.5. The predicted octanol–water partition coefficient (Wildman–Crippen LogP) is 15.5. The Morgan fingerprint density at radius 3 is 1.96 bits per heavy atom. The van der Waals surface area contributed by atoms with Crippen LogP contribution in [0.3, 0.4) is 0 Å². The lowest BCUT2D eigenvalue weighted by atomic mass is 9.77. The smallest absolute Gasteiger partial charge is 0.170 e. The van der Waals surface area contributed by atoms with E-state index in [9.17, 15) is 0 Å². The number of fused-ring (bicyclic) bond motifs is 2. The average Bonchev–Trinajstić information content (AvgIpc) is 3.39. The Labute approximate surface area is 402 Å². The molecule has 0 amide bonds. The van der Waals surface area contributed by atoms with Gasteiger partial charge in [-0.25, -0.2) is 32.5 Å². The van der Waals surface area contributed by atoms with Crippen molar-refractivity contribution in [1.82, 2.24) is 15.0 Å². The first kappa shape index (κ1) is 44.7. The Balaban J connectivity index is 0.954. The van der Waals surface area contributed by atoms with Crippen LogP contribution in [-0.4, -0.2) is 20.6 Å². The summed E-state index contributed by atoms with van der Waals surface area (Å²) in [6.45, 7) is 4.25. The van der Waals surface area contributed by atoms with Gasteiger partial charge in [-0.2, -0.15) is 0 Å².